The standard InChI is InChI=1S/C25H25N3O4/c1-27(2)12-13-28-22(16-8-10-26-11-9-16)21(24(30)25(28)31)23(29)19-5-4-18-15-20(32-3)7-6-17(18)14-19/h4-11,14-15,22,29H,12-13H2,1-3H3/b23-21+. The first kappa shape index (κ1) is 21.5. The van der Waals surface area contributed by atoms with Crippen molar-refractivity contribution < 1.29 is 19.4 Å². The lowest BCUT2D eigenvalue weighted by Gasteiger charge is -2.26. The van der Waals surface area contributed by atoms with Crippen LogP contribution in [0.15, 0.2) is 66.5 Å². The third-order valence-corrected chi connectivity index (χ3v) is 5.67. The molecule has 32 heavy (non-hydrogen) atoms. The number of methoxy groups -OCH3 is 1. The lowest BCUT2D eigenvalue weighted by atomic mass is 9.95. The van der Waals surface area contributed by atoms with Crippen molar-refractivity contribution in [1.29, 1.82) is 0 Å². The zero-order valence-electron chi connectivity index (χ0n) is 18.3. The van der Waals surface area contributed by atoms with Gasteiger partial charge in [-0.1, -0.05) is 18.2 Å². The first-order valence-corrected chi connectivity index (χ1v) is 10.3. The van der Waals surface area contributed by atoms with E-state index >= 15 is 0 Å². The summed E-state index contributed by atoms with van der Waals surface area (Å²) in [4.78, 5) is 33.5. The molecule has 0 aliphatic carbocycles. The zero-order chi connectivity index (χ0) is 22.8. The van der Waals surface area contributed by atoms with Crippen LogP contribution in [0, 0.1) is 0 Å². The molecule has 1 N–H and O–H groups in total. The van der Waals surface area contributed by atoms with Gasteiger partial charge in [-0.05, 0) is 60.8 Å². The lowest BCUT2D eigenvalue weighted by Crippen LogP contribution is -2.35. The third kappa shape index (κ3) is 3.94. The zero-order valence-corrected chi connectivity index (χ0v) is 18.3. The summed E-state index contributed by atoms with van der Waals surface area (Å²) in [5.41, 5.74) is 1.30. The molecular formula is C25H25N3O4. The van der Waals surface area contributed by atoms with Gasteiger partial charge in [-0.15, -0.1) is 0 Å². The molecule has 1 fully saturated rings. The number of carbonyl (C=O) groups is 2. The largest absolute Gasteiger partial charge is 0.507 e. The molecule has 1 unspecified atom stereocenters. The number of ketones is 1. The summed E-state index contributed by atoms with van der Waals surface area (Å²) in [5, 5.41) is 13.1. The van der Waals surface area contributed by atoms with Crippen molar-refractivity contribution in [1.82, 2.24) is 14.8 Å². The van der Waals surface area contributed by atoms with Gasteiger partial charge in [-0.2, -0.15) is 0 Å². The van der Waals surface area contributed by atoms with Gasteiger partial charge in [0.25, 0.3) is 11.7 Å². The Bertz CT molecular complexity index is 1200. The minimum atomic E-state index is -0.683. The van der Waals surface area contributed by atoms with Gasteiger partial charge in [-0.3, -0.25) is 14.6 Å². The Kier molecular flexibility index (Phi) is 5.92. The van der Waals surface area contributed by atoms with Gasteiger partial charge < -0.3 is 19.6 Å². The number of likely N-dealkylation sites (N-methyl/N-ethyl adjacent to an activating group) is 1. The number of nitrogens with zero attached hydrogens (tertiary/aromatic N) is 3. The van der Waals surface area contributed by atoms with Crippen molar-refractivity contribution in [3.63, 3.8) is 0 Å². The van der Waals surface area contributed by atoms with Gasteiger partial charge in [0.15, 0.2) is 0 Å². The highest BCUT2D eigenvalue weighted by Crippen LogP contribution is 2.39. The predicted molar refractivity (Wildman–Crippen MR) is 122 cm³/mol. The van der Waals surface area contributed by atoms with Gasteiger partial charge in [0, 0.05) is 31.0 Å². The van der Waals surface area contributed by atoms with Crippen molar-refractivity contribution in [2.45, 2.75) is 6.04 Å². The molecule has 164 valence electrons. The van der Waals surface area contributed by atoms with Crippen molar-refractivity contribution in [2.75, 3.05) is 34.3 Å². The summed E-state index contributed by atoms with van der Waals surface area (Å²) < 4.78 is 5.27. The fraction of sp³-hybridized carbons (Fsp3) is 0.240. The SMILES string of the molecule is COc1ccc2cc(/C(O)=C3\C(=O)C(=O)N(CCN(C)C)C3c3ccncc3)ccc2c1. The third-order valence-electron chi connectivity index (χ3n) is 5.67. The Morgan fingerprint density at radius 1 is 1.06 bits per heavy atom. The second-order valence-electron chi connectivity index (χ2n) is 8.00. The highest BCUT2D eigenvalue weighted by Gasteiger charge is 2.45. The monoisotopic (exact) mass is 431 g/mol. The van der Waals surface area contributed by atoms with Gasteiger partial charge in [0.2, 0.25) is 0 Å². The van der Waals surface area contributed by atoms with E-state index in [0.717, 1.165) is 22.1 Å². The fourth-order valence-electron chi connectivity index (χ4n) is 3.96. The molecule has 2 heterocycles. The number of benzene rings is 2. The first-order chi connectivity index (χ1) is 15.4. The van der Waals surface area contributed by atoms with Crippen LogP contribution in [0.2, 0.25) is 0 Å². The number of aromatic nitrogens is 1. The number of likely N-dealkylation sites (tertiary alicyclic amines) is 1. The number of aliphatic hydroxyl groups excluding tert-OH is 1. The van der Waals surface area contributed by atoms with E-state index in [4.69, 9.17) is 4.74 Å². The molecule has 7 heteroatoms. The maximum Gasteiger partial charge on any atom is 0.295 e. The molecule has 0 saturated carbocycles. The quantitative estimate of drug-likeness (QED) is 0.367. The topological polar surface area (TPSA) is 83.0 Å². The molecule has 1 aromatic heterocycles. The Morgan fingerprint density at radius 2 is 1.75 bits per heavy atom. The molecule has 7 nitrogen and oxygen atoms in total. The number of amides is 1. The van der Waals surface area contributed by atoms with Crippen molar-refractivity contribution in [2.24, 2.45) is 0 Å². The number of aliphatic hydroxyl groups is 1. The molecule has 2 aromatic carbocycles. The molecule has 4 rings (SSSR count). The van der Waals surface area contributed by atoms with E-state index in [9.17, 15) is 14.7 Å². The molecular weight excluding hydrogens is 406 g/mol. The Labute approximate surface area is 186 Å². The second-order valence-corrected chi connectivity index (χ2v) is 8.00. The van der Waals surface area contributed by atoms with E-state index in [2.05, 4.69) is 4.98 Å². The van der Waals surface area contributed by atoms with E-state index in [0.29, 0.717) is 18.7 Å². The van der Waals surface area contributed by atoms with Crippen molar-refractivity contribution >= 4 is 28.2 Å². The van der Waals surface area contributed by atoms with E-state index in [1.54, 1.807) is 43.8 Å². The smallest absolute Gasteiger partial charge is 0.295 e. The van der Waals surface area contributed by atoms with Crippen molar-refractivity contribution in [3.8, 4) is 5.75 Å². The van der Waals surface area contributed by atoms with Crippen LogP contribution < -0.4 is 4.74 Å². The van der Waals surface area contributed by atoms with E-state index in [1.165, 1.54) is 4.90 Å². The molecule has 1 saturated heterocycles. The fourth-order valence-corrected chi connectivity index (χ4v) is 3.96. The Balaban J connectivity index is 1.83. The Morgan fingerprint density at radius 3 is 2.44 bits per heavy atom. The minimum Gasteiger partial charge on any atom is -0.507 e. The number of hydrogen-bond acceptors (Lipinski definition) is 6. The van der Waals surface area contributed by atoms with Crippen LogP contribution in [0.1, 0.15) is 17.2 Å². The summed E-state index contributed by atoms with van der Waals surface area (Å²) in [6.45, 7) is 0.950. The number of fused-ring (bicyclic) bond motifs is 1. The summed E-state index contributed by atoms with van der Waals surface area (Å²) in [5.74, 6) is -0.743. The maximum atomic E-state index is 13.1. The summed E-state index contributed by atoms with van der Waals surface area (Å²) >= 11 is 0. The minimum absolute atomic E-state index is 0.0906. The molecule has 0 radical (unpaired) electrons. The highest BCUT2D eigenvalue weighted by atomic mass is 16.5. The second kappa shape index (κ2) is 8.80. The van der Waals surface area contributed by atoms with Crippen LogP contribution in [0.25, 0.3) is 16.5 Å². The first-order valence-electron chi connectivity index (χ1n) is 10.3. The van der Waals surface area contributed by atoms with Crippen LogP contribution in [0.3, 0.4) is 0 Å². The normalized spacial score (nSPS) is 18.0. The van der Waals surface area contributed by atoms with Crippen LogP contribution in [0.5, 0.6) is 5.75 Å². The average Bonchev–Trinajstić information content (AvgIpc) is 3.06. The number of hydrogen-bond donors (Lipinski definition) is 1. The predicted octanol–water partition coefficient (Wildman–Crippen LogP) is 3.23. The number of ether oxygens (including phenoxy) is 1. The molecule has 0 bridgehead atoms. The lowest BCUT2D eigenvalue weighted by molar-refractivity contribution is -0.140. The van der Waals surface area contributed by atoms with Gasteiger partial charge in [-0.25, -0.2) is 0 Å². The van der Waals surface area contributed by atoms with E-state index in [1.807, 2.05) is 43.3 Å². The van der Waals surface area contributed by atoms with Gasteiger partial charge in [0.1, 0.15) is 11.5 Å². The summed E-state index contributed by atoms with van der Waals surface area (Å²) in [6.07, 6.45) is 3.23. The van der Waals surface area contributed by atoms with Gasteiger partial charge in [0.05, 0.1) is 18.7 Å². The van der Waals surface area contributed by atoms with Crippen LogP contribution in [0.4, 0.5) is 0 Å². The highest BCUT2D eigenvalue weighted by molar-refractivity contribution is 6.46. The number of Topliss-reactive ketones (excluding diaryl/α,β-unsaturated/α-hetero) is 1. The maximum absolute atomic E-state index is 13.1. The van der Waals surface area contributed by atoms with E-state index < -0.39 is 17.7 Å². The summed E-state index contributed by atoms with van der Waals surface area (Å²) in [6, 6.07) is 13.9. The van der Waals surface area contributed by atoms with Crippen LogP contribution >= 0.6 is 0 Å². The van der Waals surface area contributed by atoms with Crippen LogP contribution in [-0.2, 0) is 9.59 Å². The molecule has 1 aliphatic heterocycles. The number of pyridine rings is 1. The van der Waals surface area contributed by atoms with Gasteiger partial charge >= 0.3 is 0 Å². The van der Waals surface area contributed by atoms with Crippen LogP contribution in [-0.4, -0.2) is 65.9 Å². The molecule has 3 aromatic rings. The number of rotatable bonds is 6. The molecule has 1 atom stereocenters. The molecule has 1 aliphatic rings. The molecule has 0 spiro atoms. The number of carbonyl (C=O) groups excluding carboxylic acids is 2. The molecule has 1 amide bonds. The summed E-state index contributed by atoms with van der Waals surface area (Å²) in [7, 11) is 5.42. The van der Waals surface area contributed by atoms with E-state index in [-0.39, 0.29) is 11.3 Å². The van der Waals surface area contributed by atoms with Crippen molar-refractivity contribution in [3.05, 3.63) is 77.6 Å². The average molecular weight is 431 g/mol. The Hall–Kier alpha value is -3.71.